The molecule has 1 saturated heterocycles. The van der Waals surface area contributed by atoms with E-state index >= 15 is 0 Å². The van der Waals surface area contributed by atoms with Crippen LogP contribution in [0.3, 0.4) is 0 Å². The van der Waals surface area contributed by atoms with Crippen LogP contribution in [0, 0.1) is 0 Å². The van der Waals surface area contributed by atoms with Crippen LogP contribution in [0.2, 0.25) is 0 Å². The lowest BCUT2D eigenvalue weighted by Crippen LogP contribution is -2.49. The van der Waals surface area contributed by atoms with E-state index in [0.717, 1.165) is 4.90 Å². The van der Waals surface area contributed by atoms with Gasteiger partial charge in [0.25, 0.3) is 5.91 Å². The number of nitrogens with one attached hydrogen (secondary N) is 1. The Kier molecular flexibility index (Phi) is 5.63. The van der Waals surface area contributed by atoms with Gasteiger partial charge in [-0.05, 0) is 48.5 Å². The van der Waals surface area contributed by atoms with Gasteiger partial charge in [0, 0.05) is 0 Å². The van der Waals surface area contributed by atoms with E-state index < -0.39 is 47.2 Å². The topological polar surface area (TPSA) is 102 Å². The zero-order chi connectivity index (χ0) is 18.9. The minimum Gasteiger partial charge on any atom is -0.458 e. The second-order valence-corrected chi connectivity index (χ2v) is 7.71. The number of carbonyl (C=O) groups excluding carboxylic acids is 4. The Bertz CT molecular complexity index is 544. The van der Waals surface area contributed by atoms with Crippen molar-refractivity contribution in [3.8, 4) is 0 Å². The van der Waals surface area contributed by atoms with Crippen LogP contribution in [0.1, 0.15) is 54.9 Å². The van der Waals surface area contributed by atoms with Crippen molar-refractivity contribution in [3.05, 3.63) is 0 Å². The van der Waals surface area contributed by atoms with E-state index in [4.69, 9.17) is 9.47 Å². The number of hydrogen-bond acceptors (Lipinski definition) is 6. The number of carbonyl (C=O) groups is 4. The van der Waals surface area contributed by atoms with E-state index in [9.17, 15) is 19.2 Å². The molecule has 1 unspecified atom stereocenters. The van der Waals surface area contributed by atoms with Crippen molar-refractivity contribution >= 4 is 23.9 Å². The molecule has 1 aliphatic rings. The fourth-order valence-corrected chi connectivity index (χ4v) is 2.11. The van der Waals surface area contributed by atoms with E-state index in [0.29, 0.717) is 0 Å². The van der Waals surface area contributed by atoms with Crippen LogP contribution in [0.25, 0.3) is 0 Å². The first-order chi connectivity index (χ1) is 10.7. The Labute approximate surface area is 141 Å². The molecule has 2 atom stereocenters. The van der Waals surface area contributed by atoms with Gasteiger partial charge in [-0.1, -0.05) is 0 Å². The highest BCUT2D eigenvalue weighted by molar-refractivity contribution is 6.09. The van der Waals surface area contributed by atoms with Gasteiger partial charge in [-0.2, -0.15) is 0 Å². The average Bonchev–Trinajstić information content (AvgIpc) is 2.59. The highest BCUT2D eigenvalue weighted by Gasteiger charge is 2.45. The molecule has 0 bridgehead atoms. The first-order valence-electron chi connectivity index (χ1n) is 7.79. The summed E-state index contributed by atoms with van der Waals surface area (Å²) in [5, 5.41) is 2.36. The number of alkyl carbamates (subject to hydrolysis) is 1. The van der Waals surface area contributed by atoms with Gasteiger partial charge in [0.2, 0.25) is 5.91 Å². The maximum atomic E-state index is 12.4. The quantitative estimate of drug-likeness (QED) is 0.614. The summed E-state index contributed by atoms with van der Waals surface area (Å²) in [5.74, 6) is -1.87. The molecule has 0 aromatic rings. The van der Waals surface area contributed by atoms with E-state index in [-0.39, 0.29) is 6.42 Å². The number of likely N-dealkylation sites (tertiary alicyclic amines) is 1. The van der Waals surface area contributed by atoms with Crippen molar-refractivity contribution in [1.82, 2.24) is 10.2 Å². The number of esters is 1. The van der Waals surface area contributed by atoms with Crippen LogP contribution in [-0.4, -0.2) is 52.1 Å². The molecule has 1 N–H and O–H groups in total. The van der Waals surface area contributed by atoms with Crippen LogP contribution in [0.15, 0.2) is 0 Å². The maximum absolute atomic E-state index is 12.4. The fraction of sp³-hybridized carbons (Fsp3) is 0.750. The smallest absolute Gasteiger partial charge is 0.408 e. The molecule has 24 heavy (non-hydrogen) atoms. The van der Waals surface area contributed by atoms with E-state index in [1.807, 2.05) is 0 Å². The lowest BCUT2D eigenvalue weighted by atomic mass is 10.2. The van der Waals surface area contributed by atoms with Crippen molar-refractivity contribution in [1.29, 1.82) is 0 Å². The minimum absolute atomic E-state index is 0.217. The van der Waals surface area contributed by atoms with Crippen molar-refractivity contribution in [2.45, 2.75) is 78.2 Å². The summed E-state index contributed by atoms with van der Waals surface area (Å²) in [5.41, 5.74) is -1.45. The summed E-state index contributed by atoms with van der Waals surface area (Å²) < 4.78 is 10.3. The van der Waals surface area contributed by atoms with Gasteiger partial charge < -0.3 is 14.8 Å². The van der Waals surface area contributed by atoms with Gasteiger partial charge in [0.05, 0.1) is 6.42 Å². The molecule has 0 radical (unpaired) electrons. The summed E-state index contributed by atoms with van der Waals surface area (Å²) >= 11 is 0. The van der Waals surface area contributed by atoms with E-state index in [2.05, 4.69) is 5.32 Å². The molecular weight excluding hydrogens is 316 g/mol. The molecule has 8 nitrogen and oxygen atoms in total. The monoisotopic (exact) mass is 342 g/mol. The fourth-order valence-electron chi connectivity index (χ4n) is 2.11. The number of imide groups is 1. The van der Waals surface area contributed by atoms with Gasteiger partial charge in [-0.3, -0.25) is 14.5 Å². The van der Waals surface area contributed by atoms with Crippen LogP contribution >= 0.6 is 0 Å². The van der Waals surface area contributed by atoms with E-state index in [1.54, 1.807) is 41.5 Å². The number of ether oxygens (including phenoxy) is 2. The molecule has 0 aliphatic carbocycles. The average molecular weight is 342 g/mol. The SMILES string of the molecule is C[C@H](C(=O)OC(C)(C)C)N1C(=O)CC(NC(=O)OC(C)(C)C)C1=O. The summed E-state index contributed by atoms with van der Waals surface area (Å²) in [6.45, 7) is 11.6. The van der Waals surface area contributed by atoms with Gasteiger partial charge in [0.1, 0.15) is 23.3 Å². The number of hydrogen-bond donors (Lipinski definition) is 1. The Balaban J connectivity index is 2.76. The van der Waals surface area contributed by atoms with Crippen LogP contribution in [-0.2, 0) is 23.9 Å². The summed E-state index contributed by atoms with van der Waals surface area (Å²) in [6.07, 6.45) is -1.01. The Morgan fingerprint density at radius 2 is 1.58 bits per heavy atom. The van der Waals surface area contributed by atoms with Crippen molar-refractivity contribution in [2.24, 2.45) is 0 Å². The molecule has 1 heterocycles. The molecule has 3 amide bonds. The summed E-state index contributed by atoms with van der Waals surface area (Å²) in [7, 11) is 0. The standard InChI is InChI=1S/C16H26N2O6/c1-9(13(21)23-15(2,3)4)18-11(19)8-10(12(18)20)17-14(22)24-16(5,6)7/h9-10H,8H2,1-7H3,(H,17,22)/t9-,10?/m1/s1. The largest absolute Gasteiger partial charge is 0.458 e. The second kappa shape index (κ2) is 6.78. The number of rotatable bonds is 3. The van der Waals surface area contributed by atoms with Gasteiger partial charge >= 0.3 is 12.1 Å². The number of amides is 3. The maximum Gasteiger partial charge on any atom is 0.408 e. The van der Waals surface area contributed by atoms with Crippen molar-refractivity contribution < 1.29 is 28.7 Å². The van der Waals surface area contributed by atoms with Crippen molar-refractivity contribution in [3.63, 3.8) is 0 Å². The third-order valence-electron chi connectivity index (χ3n) is 3.01. The van der Waals surface area contributed by atoms with Crippen molar-refractivity contribution in [2.75, 3.05) is 0 Å². The predicted molar refractivity (Wildman–Crippen MR) is 84.9 cm³/mol. The molecule has 0 spiro atoms. The van der Waals surface area contributed by atoms with Crippen LogP contribution in [0.5, 0.6) is 0 Å². The second-order valence-electron chi connectivity index (χ2n) is 7.71. The third kappa shape index (κ3) is 5.50. The van der Waals surface area contributed by atoms with Crippen LogP contribution in [0.4, 0.5) is 4.79 Å². The molecule has 1 rings (SSSR count). The highest BCUT2D eigenvalue weighted by atomic mass is 16.6. The first kappa shape index (κ1) is 19.9. The lowest BCUT2D eigenvalue weighted by Gasteiger charge is -2.26. The van der Waals surface area contributed by atoms with E-state index in [1.165, 1.54) is 6.92 Å². The summed E-state index contributed by atoms with van der Waals surface area (Å²) in [6, 6.07) is -2.10. The molecule has 136 valence electrons. The Morgan fingerprint density at radius 1 is 1.08 bits per heavy atom. The molecule has 0 aromatic carbocycles. The zero-order valence-electron chi connectivity index (χ0n) is 15.3. The predicted octanol–water partition coefficient (Wildman–Crippen LogP) is 1.37. The minimum atomic E-state index is -1.06. The first-order valence-corrected chi connectivity index (χ1v) is 7.79. The molecule has 1 fully saturated rings. The highest BCUT2D eigenvalue weighted by Crippen LogP contribution is 2.19. The Hall–Kier alpha value is -2.12. The normalized spacial score (nSPS) is 20.0. The molecule has 1 aliphatic heterocycles. The van der Waals surface area contributed by atoms with Gasteiger partial charge in [-0.15, -0.1) is 0 Å². The zero-order valence-corrected chi connectivity index (χ0v) is 15.3. The molecular formula is C16H26N2O6. The summed E-state index contributed by atoms with van der Waals surface area (Å²) in [4.78, 5) is 49.1. The van der Waals surface area contributed by atoms with Gasteiger partial charge in [-0.25, -0.2) is 9.59 Å². The lowest BCUT2D eigenvalue weighted by molar-refractivity contribution is -0.165. The Morgan fingerprint density at radius 3 is 2.04 bits per heavy atom. The number of nitrogens with zero attached hydrogens (tertiary/aromatic N) is 1. The van der Waals surface area contributed by atoms with Gasteiger partial charge in [0.15, 0.2) is 0 Å². The molecule has 0 saturated carbocycles. The third-order valence-corrected chi connectivity index (χ3v) is 3.01. The molecule has 0 aromatic heterocycles. The molecule has 8 heteroatoms. The van der Waals surface area contributed by atoms with Crippen LogP contribution < -0.4 is 5.32 Å².